The van der Waals surface area contributed by atoms with E-state index in [1.54, 1.807) is 6.92 Å². The molecule has 6 heteroatoms. The summed E-state index contributed by atoms with van der Waals surface area (Å²) in [6.07, 6.45) is 14.8. The number of ketones is 1. The molecule has 37 heavy (non-hydrogen) atoms. The zero-order valence-corrected chi connectivity index (χ0v) is 22.3. The Hall–Kier alpha value is -2.37. The van der Waals surface area contributed by atoms with Crippen LogP contribution in [0.4, 0.5) is 4.39 Å². The average molecular weight is 515 g/mol. The summed E-state index contributed by atoms with van der Waals surface area (Å²) in [6.45, 7) is 5.95. The zero-order chi connectivity index (χ0) is 26.4. The first-order chi connectivity index (χ1) is 17.9. The van der Waals surface area contributed by atoms with Crippen molar-refractivity contribution in [2.75, 3.05) is 6.61 Å². The number of carbonyl (C=O) groups excluding carboxylic acids is 2. The molecule has 0 atom stereocenters. The SMILES string of the molecule is C=CC1CCC(C2CCC(OC(=O)C3CCC(CC(=O)c4ccc(OCC)c(F)c4O)CC3)CC2)CC1. The fourth-order valence-corrected chi connectivity index (χ4v) is 6.80. The summed E-state index contributed by atoms with van der Waals surface area (Å²) >= 11 is 0. The van der Waals surface area contributed by atoms with Crippen LogP contribution in [0.15, 0.2) is 24.8 Å². The fraction of sp³-hybridized carbons (Fsp3) is 0.677. The highest BCUT2D eigenvalue weighted by molar-refractivity contribution is 5.99. The molecule has 0 amide bonds. The second-order valence-electron chi connectivity index (χ2n) is 11.4. The first-order valence-electron chi connectivity index (χ1n) is 14.4. The minimum absolute atomic E-state index is 0.00756. The van der Waals surface area contributed by atoms with Crippen LogP contribution in [0.2, 0.25) is 0 Å². The van der Waals surface area contributed by atoms with E-state index in [4.69, 9.17) is 9.47 Å². The summed E-state index contributed by atoms with van der Waals surface area (Å²) in [5.74, 6) is 0.367. The fourth-order valence-electron chi connectivity index (χ4n) is 6.80. The Morgan fingerprint density at radius 3 is 2.19 bits per heavy atom. The molecule has 0 bridgehead atoms. The Labute approximate surface area is 220 Å². The molecular formula is C31H43FO5. The Morgan fingerprint density at radius 2 is 1.59 bits per heavy atom. The molecule has 0 unspecified atom stereocenters. The molecule has 3 fully saturated rings. The molecule has 0 spiro atoms. The number of allylic oxidation sites excluding steroid dienone is 1. The van der Waals surface area contributed by atoms with Gasteiger partial charge in [0.2, 0.25) is 5.82 Å². The molecule has 1 N–H and O–H groups in total. The Bertz CT molecular complexity index is 935. The number of halogens is 1. The molecule has 0 heterocycles. The number of aromatic hydroxyl groups is 1. The number of esters is 1. The van der Waals surface area contributed by atoms with Gasteiger partial charge in [-0.25, -0.2) is 0 Å². The van der Waals surface area contributed by atoms with Crippen molar-refractivity contribution in [2.45, 2.75) is 96.5 Å². The standard InChI is InChI=1S/C31H43FO5/c1-3-20-5-9-22(10-6-20)23-13-15-25(16-14-23)37-31(35)24-11-7-21(8-12-24)19-27(33)26-17-18-28(36-4-2)29(32)30(26)34/h3,17-18,20-25,34H,1,4-16,19H2,2H3. The van der Waals surface area contributed by atoms with Crippen molar-refractivity contribution in [1.29, 1.82) is 0 Å². The lowest BCUT2D eigenvalue weighted by Crippen LogP contribution is -2.32. The van der Waals surface area contributed by atoms with Crippen molar-refractivity contribution in [3.63, 3.8) is 0 Å². The van der Waals surface area contributed by atoms with Crippen molar-refractivity contribution in [1.82, 2.24) is 0 Å². The topological polar surface area (TPSA) is 72.8 Å². The van der Waals surface area contributed by atoms with Gasteiger partial charge in [0.15, 0.2) is 17.3 Å². The van der Waals surface area contributed by atoms with E-state index in [0.29, 0.717) is 18.8 Å². The lowest BCUT2D eigenvalue weighted by molar-refractivity contribution is -0.157. The molecule has 0 saturated heterocycles. The van der Waals surface area contributed by atoms with Gasteiger partial charge >= 0.3 is 5.97 Å². The number of ether oxygens (including phenoxy) is 2. The van der Waals surface area contributed by atoms with Gasteiger partial charge in [-0.1, -0.05) is 6.08 Å². The van der Waals surface area contributed by atoms with Gasteiger partial charge in [0, 0.05) is 6.42 Å². The summed E-state index contributed by atoms with van der Waals surface area (Å²) in [7, 11) is 0. The lowest BCUT2D eigenvalue weighted by atomic mass is 9.70. The third-order valence-electron chi connectivity index (χ3n) is 9.15. The van der Waals surface area contributed by atoms with Crippen molar-refractivity contribution >= 4 is 11.8 Å². The minimum atomic E-state index is -0.895. The molecule has 5 nitrogen and oxygen atoms in total. The molecule has 204 valence electrons. The predicted molar refractivity (Wildman–Crippen MR) is 141 cm³/mol. The highest BCUT2D eigenvalue weighted by Crippen LogP contribution is 2.41. The quantitative estimate of drug-likeness (QED) is 0.211. The van der Waals surface area contributed by atoms with E-state index in [9.17, 15) is 19.1 Å². The van der Waals surface area contributed by atoms with Gasteiger partial charge in [-0.15, -0.1) is 6.58 Å². The van der Waals surface area contributed by atoms with Crippen molar-refractivity contribution in [3.8, 4) is 11.5 Å². The molecule has 0 aromatic heterocycles. The largest absolute Gasteiger partial charge is 0.504 e. The summed E-state index contributed by atoms with van der Waals surface area (Å²) in [5, 5.41) is 10.1. The first kappa shape index (κ1) is 27.7. The van der Waals surface area contributed by atoms with E-state index in [1.165, 1.54) is 37.8 Å². The van der Waals surface area contributed by atoms with E-state index < -0.39 is 11.6 Å². The third kappa shape index (κ3) is 6.94. The maximum atomic E-state index is 14.3. The summed E-state index contributed by atoms with van der Waals surface area (Å²) in [5.41, 5.74) is -0.00756. The zero-order valence-electron chi connectivity index (χ0n) is 22.3. The van der Waals surface area contributed by atoms with Crippen LogP contribution in [0.1, 0.15) is 101 Å². The Morgan fingerprint density at radius 1 is 0.973 bits per heavy atom. The number of phenols is 1. The number of hydrogen-bond donors (Lipinski definition) is 1. The van der Waals surface area contributed by atoms with E-state index in [2.05, 4.69) is 12.7 Å². The minimum Gasteiger partial charge on any atom is -0.504 e. The van der Waals surface area contributed by atoms with Crippen molar-refractivity contribution in [2.24, 2.45) is 29.6 Å². The monoisotopic (exact) mass is 514 g/mol. The second kappa shape index (κ2) is 12.9. The van der Waals surface area contributed by atoms with Gasteiger partial charge in [0.25, 0.3) is 0 Å². The first-order valence-corrected chi connectivity index (χ1v) is 14.4. The van der Waals surface area contributed by atoms with Gasteiger partial charge < -0.3 is 14.6 Å². The van der Waals surface area contributed by atoms with Crippen LogP contribution in [0.25, 0.3) is 0 Å². The van der Waals surface area contributed by atoms with Gasteiger partial charge in [-0.3, -0.25) is 9.59 Å². The van der Waals surface area contributed by atoms with Gasteiger partial charge in [-0.05, 0) is 120 Å². The highest BCUT2D eigenvalue weighted by atomic mass is 19.1. The normalized spacial score (nSPS) is 30.3. The Kier molecular flexibility index (Phi) is 9.66. The van der Waals surface area contributed by atoms with Crippen LogP contribution in [-0.2, 0) is 9.53 Å². The third-order valence-corrected chi connectivity index (χ3v) is 9.15. The number of phenolic OH excluding ortho intramolecular Hbond substituents is 1. The van der Waals surface area contributed by atoms with E-state index in [0.717, 1.165) is 50.4 Å². The predicted octanol–water partition coefficient (Wildman–Crippen LogP) is 7.40. The number of rotatable bonds is 9. The molecule has 1 aromatic rings. The molecule has 3 aliphatic carbocycles. The van der Waals surface area contributed by atoms with Crippen LogP contribution in [-0.4, -0.2) is 29.6 Å². The molecule has 3 saturated carbocycles. The maximum Gasteiger partial charge on any atom is 0.309 e. The van der Waals surface area contributed by atoms with E-state index >= 15 is 0 Å². The number of carbonyl (C=O) groups is 2. The van der Waals surface area contributed by atoms with E-state index in [1.807, 2.05) is 0 Å². The summed E-state index contributed by atoms with van der Waals surface area (Å²) in [4.78, 5) is 25.6. The molecule has 1 aromatic carbocycles. The van der Waals surface area contributed by atoms with Gasteiger partial charge in [0.1, 0.15) is 6.10 Å². The number of benzene rings is 1. The number of Topliss-reactive ketones (excluding diaryl/α,β-unsaturated/α-hetero) is 1. The maximum absolute atomic E-state index is 14.3. The smallest absolute Gasteiger partial charge is 0.309 e. The van der Waals surface area contributed by atoms with Crippen LogP contribution in [0.5, 0.6) is 11.5 Å². The molecule has 3 aliphatic rings. The van der Waals surface area contributed by atoms with Crippen molar-refractivity contribution < 1.29 is 28.6 Å². The van der Waals surface area contributed by atoms with Crippen LogP contribution in [0, 0.1) is 35.4 Å². The second-order valence-corrected chi connectivity index (χ2v) is 11.4. The van der Waals surface area contributed by atoms with E-state index in [-0.39, 0.29) is 54.0 Å². The van der Waals surface area contributed by atoms with Crippen LogP contribution < -0.4 is 4.74 Å². The average Bonchev–Trinajstić information content (AvgIpc) is 2.92. The molecular weight excluding hydrogens is 471 g/mol. The summed E-state index contributed by atoms with van der Waals surface area (Å²) in [6, 6.07) is 2.81. The van der Waals surface area contributed by atoms with Crippen LogP contribution in [0.3, 0.4) is 0 Å². The number of hydrogen-bond acceptors (Lipinski definition) is 5. The highest BCUT2D eigenvalue weighted by Gasteiger charge is 2.34. The van der Waals surface area contributed by atoms with Crippen LogP contribution >= 0.6 is 0 Å². The van der Waals surface area contributed by atoms with Crippen molar-refractivity contribution in [3.05, 3.63) is 36.2 Å². The Balaban J connectivity index is 1.18. The molecule has 0 radical (unpaired) electrons. The lowest BCUT2D eigenvalue weighted by Gasteiger charge is -2.37. The van der Waals surface area contributed by atoms with Gasteiger partial charge in [0.05, 0.1) is 18.1 Å². The molecule has 4 rings (SSSR count). The molecule has 0 aliphatic heterocycles. The summed E-state index contributed by atoms with van der Waals surface area (Å²) < 4.78 is 25.4. The van der Waals surface area contributed by atoms with Gasteiger partial charge in [-0.2, -0.15) is 4.39 Å².